The molecule has 2 aromatic rings. The van der Waals surface area contributed by atoms with Gasteiger partial charge in [-0.1, -0.05) is 17.7 Å². The lowest BCUT2D eigenvalue weighted by Crippen LogP contribution is -2.52. The molecule has 4 heterocycles. The first kappa shape index (κ1) is 20.2. The molecule has 1 aromatic heterocycles. The number of amides is 1. The lowest BCUT2D eigenvalue weighted by molar-refractivity contribution is -0.117. The number of halogens is 2. The van der Waals surface area contributed by atoms with Crippen LogP contribution in [0.3, 0.4) is 0 Å². The predicted octanol–water partition coefficient (Wildman–Crippen LogP) is 3.07. The maximum Gasteiger partial charge on any atom is 0.228 e. The Bertz CT molecular complexity index is 1100. The van der Waals surface area contributed by atoms with Crippen molar-refractivity contribution in [2.45, 2.75) is 43.8 Å². The van der Waals surface area contributed by atoms with E-state index in [0.717, 1.165) is 44.5 Å². The van der Waals surface area contributed by atoms with Crippen molar-refractivity contribution in [1.82, 2.24) is 15.2 Å². The number of carbonyl (C=O) groups excluding carboxylic acids is 1. The first-order valence-corrected chi connectivity index (χ1v) is 11.5. The molecule has 1 aliphatic carbocycles. The van der Waals surface area contributed by atoms with E-state index in [-0.39, 0.29) is 39.5 Å². The Hall–Kier alpha value is -2.42. The molecule has 1 atom stereocenters. The first-order chi connectivity index (χ1) is 15.5. The molecule has 4 aliphatic rings. The third-order valence-electron chi connectivity index (χ3n) is 7.22. The van der Waals surface area contributed by atoms with Gasteiger partial charge in [0.2, 0.25) is 5.91 Å². The second kappa shape index (κ2) is 7.30. The minimum atomic E-state index is -0.630. The molecule has 0 bridgehead atoms. The minimum Gasteiger partial charge on any atom is -0.507 e. The fourth-order valence-corrected chi connectivity index (χ4v) is 5.61. The molecule has 1 saturated carbocycles. The van der Waals surface area contributed by atoms with Crippen molar-refractivity contribution in [3.63, 3.8) is 0 Å². The van der Waals surface area contributed by atoms with Crippen LogP contribution in [0.4, 0.5) is 10.2 Å². The highest BCUT2D eigenvalue weighted by atomic mass is 35.5. The molecule has 0 radical (unpaired) electrons. The Labute approximate surface area is 190 Å². The van der Waals surface area contributed by atoms with Gasteiger partial charge < -0.3 is 15.2 Å². The van der Waals surface area contributed by atoms with E-state index in [2.05, 4.69) is 10.2 Å². The summed E-state index contributed by atoms with van der Waals surface area (Å²) in [5, 5.41) is 14.0. The Balaban J connectivity index is 1.58. The van der Waals surface area contributed by atoms with Crippen LogP contribution in [0.15, 0.2) is 18.2 Å². The molecule has 6 rings (SSSR count). The topological polar surface area (TPSA) is 77.9 Å². The summed E-state index contributed by atoms with van der Waals surface area (Å²) >= 11 is 6.77. The Kier molecular flexibility index (Phi) is 4.61. The number of carbonyl (C=O) groups is 1. The maximum absolute atomic E-state index is 14.8. The van der Waals surface area contributed by atoms with E-state index >= 15 is 0 Å². The zero-order valence-corrected chi connectivity index (χ0v) is 18.3. The molecule has 7 nitrogen and oxygen atoms in total. The van der Waals surface area contributed by atoms with Crippen LogP contribution in [-0.2, 0) is 11.3 Å². The van der Waals surface area contributed by atoms with Crippen LogP contribution in [0, 0.1) is 5.82 Å². The van der Waals surface area contributed by atoms with Crippen LogP contribution in [-0.4, -0.2) is 58.7 Å². The van der Waals surface area contributed by atoms with E-state index in [1.54, 1.807) is 4.90 Å². The van der Waals surface area contributed by atoms with Crippen LogP contribution in [0.5, 0.6) is 11.5 Å². The molecule has 1 aromatic carbocycles. The summed E-state index contributed by atoms with van der Waals surface area (Å²) in [6.45, 7) is 3.48. The number of piperazine rings is 1. The number of nitrogens with zero attached hydrogens (tertiary/aromatic N) is 3. The molecule has 32 heavy (non-hydrogen) atoms. The van der Waals surface area contributed by atoms with Crippen LogP contribution in [0.1, 0.15) is 31.2 Å². The quantitative estimate of drug-likeness (QED) is 0.720. The Morgan fingerprint density at radius 3 is 2.94 bits per heavy atom. The molecule has 0 unspecified atom stereocenters. The molecule has 2 saturated heterocycles. The lowest BCUT2D eigenvalue weighted by Gasteiger charge is -2.34. The Morgan fingerprint density at radius 2 is 2.16 bits per heavy atom. The normalized spacial score (nSPS) is 24.1. The van der Waals surface area contributed by atoms with Gasteiger partial charge in [0.1, 0.15) is 40.5 Å². The number of hydrogen-bond acceptors (Lipinski definition) is 6. The van der Waals surface area contributed by atoms with E-state index in [0.29, 0.717) is 31.1 Å². The number of anilines is 1. The summed E-state index contributed by atoms with van der Waals surface area (Å²) in [5.41, 5.74) is 0.574. The van der Waals surface area contributed by atoms with Crippen LogP contribution >= 0.6 is 11.6 Å². The number of aromatic nitrogens is 1. The number of nitrogens with one attached hydrogen (secondary N) is 1. The predicted molar refractivity (Wildman–Crippen MR) is 118 cm³/mol. The highest BCUT2D eigenvalue weighted by Gasteiger charge is 2.56. The third-order valence-corrected chi connectivity index (χ3v) is 7.57. The molecule has 9 heteroatoms. The van der Waals surface area contributed by atoms with Gasteiger partial charge in [0.15, 0.2) is 0 Å². The molecule has 3 aliphatic heterocycles. The first-order valence-electron chi connectivity index (χ1n) is 11.1. The highest BCUT2D eigenvalue weighted by molar-refractivity contribution is 6.35. The standard InChI is InChI=1S/C23H24ClFN4O3/c24-19-20(18-15(25)2-1-3-16(18)30)27-22(29-17(31)4-5-23(29)6-7-23)14-11-28-9-8-26-10-13(28)12-32-21(14)19/h1-3,13,26,30H,4-12H2/t13-/m1/s1. The number of benzene rings is 1. The van der Waals surface area contributed by atoms with Gasteiger partial charge in [0.25, 0.3) is 0 Å². The van der Waals surface area contributed by atoms with Gasteiger partial charge in [0.05, 0.1) is 17.2 Å². The highest BCUT2D eigenvalue weighted by Crippen LogP contribution is 2.54. The van der Waals surface area contributed by atoms with E-state index < -0.39 is 5.82 Å². The van der Waals surface area contributed by atoms with Crippen molar-refractivity contribution in [2.75, 3.05) is 31.1 Å². The summed E-state index contributed by atoms with van der Waals surface area (Å²) in [6, 6.07) is 4.25. The van der Waals surface area contributed by atoms with Gasteiger partial charge >= 0.3 is 0 Å². The van der Waals surface area contributed by atoms with Crippen molar-refractivity contribution in [2.24, 2.45) is 0 Å². The largest absolute Gasteiger partial charge is 0.507 e. The van der Waals surface area contributed by atoms with Crippen LogP contribution < -0.4 is 15.0 Å². The van der Waals surface area contributed by atoms with Gasteiger partial charge in [-0.15, -0.1) is 0 Å². The van der Waals surface area contributed by atoms with Gasteiger partial charge in [-0.05, 0) is 31.4 Å². The number of rotatable bonds is 2. The van der Waals surface area contributed by atoms with Gasteiger partial charge in [-0.3, -0.25) is 14.6 Å². The SMILES string of the molecule is O=C1CCC2(CC2)N1c1nc(-c2c(O)cccc2F)c(Cl)c2c1CN1CCNC[C@@H]1CO2. The molecule has 2 N–H and O–H groups in total. The van der Waals surface area contributed by atoms with Gasteiger partial charge in [0, 0.05) is 38.1 Å². The number of phenols is 1. The summed E-state index contributed by atoms with van der Waals surface area (Å²) in [4.78, 5) is 21.9. The monoisotopic (exact) mass is 458 g/mol. The summed E-state index contributed by atoms with van der Waals surface area (Å²) < 4.78 is 21.0. The van der Waals surface area contributed by atoms with E-state index in [1.807, 2.05) is 0 Å². The van der Waals surface area contributed by atoms with Crippen molar-refractivity contribution in [3.8, 4) is 22.8 Å². The zero-order valence-electron chi connectivity index (χ0n) is 17.5. The number of pyridine rings is 1. The van der Waals surface area contributed by atoms with Crippen LogP contribution in [0.2, 0.25) is 5.02 Å². The molecule has 168 valence electrons. The molecule has 1 amide bonds. The second-order valence-electron chi connectivity index (χ2n) is 9.13. The van der Waals surface area contributed by atoms with Crippen molar-refractivity contribution >= 4 is 23.3 Å². The Morgan fingerprint density at radius 1 is 1.31 bits per heavy atom. The average molecular weight is 459 g/mol. The molecular formula is C23H24ClFN4O3. The average Bonchev–Trinajstić information content (AvgIpc) is 3.51. The van der Waals surface area contributed by atoms with Gasteiger partial charge in [-0.25, -0.2) is 9.37 Å². The second-order valence-corrected chi connectivity index (χ2v) is 9.51. The maximum atomic E-state index is 14.8. The fourth-order valence-electron chi connectivity index (χ4n) is 5.30. The smallest absolute Gasteiger partial charge is 0.228 e. The van der Waals surface area contributed by atoms with E-state index in [4.69, 9.17) is 21.3 Å². The van der Waals surface area contributed by atoms with Crippen molar-refractivity contribution in [3.05, 3.63) is 34.6 Å². The number of hydrogen-bond donors (Lipinski definition) is 2. The zero-order chi connectivity index (χ0) is 22.0. The summed E-state index contributed by atoms with van der Waals surface area (Å²) in [7, 11) is 0. The number of aromatic hydroxyl groups is 1. The molecular weight excluding hydrogens is 435 g/mol. The molecule has 1 spiro atoms. The number of fused-ring (bicyclic) bond motifs is 2. The minimum absolute atomic E-state index is 0.0179. The van der Waals surface area contributed by atoms with Gasteiger partial charge in [-0.2, -0.15) is 0 Å². The summed E-state index contributed by atoms with van der Waals surface area (Å²) in [6.07, 6.45) is 3.11. The van der Waals surface area contributed by atoms with Crippen LogP contribution in [0.25, 0.3) is 11.3 Å². The number of phenolic OH excluding ortho intramolecular Hbond substituents is 1. The summed E-state index contributed by atoms with van der Waals surface area (Å²) in [5.74, 6) is 0.0497. The molecule has 3 fully saturated rings. The van der Waals surface area contributed by atoms with Crippen molar-refractivity contribution < 1.29 is 19.0 Å². The van der Waals surface area contributed by atoms with E-state index in [9.17, 15) is 14.3 Å². The lowest BCUT2D eigenvalue weighted by atomic mass is 10.1. The number of ether oxygens (including phenoxy) is 1. The fraction of sp³-hybridized carbons (Fsp3) is 0.478. The van der Waals surface area contributed by atoms with E-state index in [1.165, 1.54) is 18.2 Å². The van der Waals surface area contributed by atoms with Crippen molar-refractivity contribution in [1.29, 1.82) is 0 Å². The third kappa shape index (κ3) is 3.00.